The minimum atomic E-state index is -4.54. The largest absolute Gasteiger partial charge is 0.444 e. The van der Waals surface area contributed by atoms with Gasteiger partial charge in [0.15, 0.2) is 5.69 Å². The molecule has 3 heterocycles. The summed E-state index contributed by atoms with van der Waals surface area (Å²) in [5, 5.41) is 3.44. The molecule has 0 bridgehead atoms. The van der Waals surface area contributed by atoms with Crippen molar-refractivity contribution in [1.82, 2.24) is 14.9 Å². The zero-order valence-electron chi connectivity index (χ0n) is 18.3. The van der Waals surface area contributed by atoms with Crippen molar-refractivity contribution in [2.45, 2.75) is 51.4 Å². The normalized spacial score (nSPS) is 23.2. The molecule has 2 aromatic rings. The molecule has 2 aromatic heterocycles. The van der Waals surface area contributed by atoms with E-state index >= 15 is 0 Å². The van der Waals surface area contributed by atoms with E-state index in [1.165, 1.54) is 12.1 Å². The number of fused-ring (bicyclic) bond motifs is 1. The summed E-state index contributed by atoms with van der Waals surface area (Å²) >= 11 is 0. The fourth-order valence-electron chi connectivity index (χ4n) is 4.61. The summed E-state index contributed by atoms with van der Waals surface area (Å²) in [5.74, 6) is 0.828. The second kappa shape index (κ2) is 8.26. The summed E-state index contributed by atoms with van der Waals surface area (Å²) in [6.07, 6.45) is -0.264. The van der Waals surface area contributed by atoms with Crippen molar-refractivity contribution < 1.29 is 22.7 Å². The van der Waals surface area contributed by atoms with E-state index in [1.54, 1.807) is 23.2 Å². The number of hydrogen-bond donors (Lipinski definition) is 1. The van der Waals surface area contributed by atoms with Crippen LogP contribution in [0.1, 0.15) is 39.3 Å². The van der Waals surface area contributed by atoms with Crippen molar-refractivity contribution in [3.05, 3.63) is 42.4 Å². The lowest BCUT2D eigenvalue weighted by atomic mass is 10.0. The Morgan fingerprint density at radius 1 is 1.09 bits per heavy atom. The Balaban J connectivity index is 1.35. The lowest BCUT2D eigenvalue weighted by Gasteiger charge is -2.25. The van der Waals surface area contributed by atoms with Crippen molar-refractivity contribution in [2.24, 2.45) is 11.8 Å². The second-order valence-corrected chi connectivity index (χ2v) is 9.55. The van der Waals surface area contributed by atoms with Gasteiger partial charge in [0.05, 0.1) is 17.6 Å². The summed E-state index contributed by atoms with van der Waals surface area (Å²) in [6.45, 7) is 6.96. The predicted molar refractivity (Wildman–Crippen MR) is 114 cm³/mol. The summed E-state index contributed by atoms with van der Waals surface area (Å²) in [5.41, 5.74) is -0.489. The maximum atomic E-state index is 13.2. The molecule has 172 valence electrons. The Morgan fingerprint density at radius 2 is 1.78 bits per heavy atom. The topological polar surface area (TPSA) is 67.3 Å². The quantitative estimate of drug-likeness (QED) is 0.697. The van der Waals surface area contributed by atoms with Gasteiger partial charge in [-0.2, -0.15) is 13.2 Å². The molecule has 2 fully saturated rings. The number of anilines is 1. The van der Waals surface area contributed by atoms with E-state index < -0.39 is 17.5 Å². The summed E-state index contributed by atoms with van der Waals surface area (Å²) in [7, 11) is 0. The third kappa shape index (κ3) is 4.97. The standard InChI is InChI=1S/C23H27F3N4O2/c1-22(2,3)32-21(31)30-12-14-9-17(10-15(14)13-30)29-16-6-7-19(28-11-16)18-5-4-8-27-20(18)23(24,25)26/h4-8,11,14-15,17,29H,9-10,12-13H2,1-3H3/t14-,15+,17?. The molecule has 0 radical (unpaired) electrons. The molecule has 1 N–H and O–H groups in total. The van der Waals surface area contributed by atoms with Crippen LogP contribution in [0.4, 0.5) is 23.7 Å². The number of hydrogen-bond acceptors (Lipinski definition) is 5. The number of likely N-dealkylation sites (tertiary alicyclic amines) is 1. The van der Waals surface area contributed by atoms with Gasteiger partial charge in [-0.3, -0.25) is 9.97 Å². The number of nitrogens with zero attached hydrogens (tertiary/aromatic N) is 3. The highest BCUT2D eigenvalue weighted by Crippen LogP contribution is 2.40. The minimum Gasteiger partial charge on any atom is -0.444 e. The van der Waals surface area contributed by atoms with Crippen LogP contribution in [0.3, 0.4) is 0 Å². The zero-order valence-corrected chi connectivity index (χ0v) is 18.3. The van der Waals surface area contributed by atoms with E-state index in [-0.39, 0.29) is 23.4 Å². The predicted octanol–water partition coefficient (Wildman–Crippen LogP) is 5.22. The molecule has 1 saturated carbocycles. The summed E-state index contributed by atoms with van der Waals surface area (Å²) < 4.78 is 45.1. The number of nitrogens with one attached hydrogen (secondary N) is 1. The van der Waals surface area contributed by atoms with Gasteiger partial charge in [-0.25, -0.2) is 4.79 Å². The average molecular weight is 448 g/mol. The molecule has 1 aliphatic heterocycles. The average Bonchev–Trinajstić information content (AvgIpc) is 3.25. The fourth-order valence-corrected chi connectivity index (χ4v) is 4.61. The van der Waals surface area contributed by atoms with E-state index in [1.807, 2.05) is 20.8 Å². The van der Waals surface area contributed by atoms with Crippen molar-refractivity contribution in [3.8, 4) is 11.3 Å². The first kappa shape index (κ1) is 22.4. The number of halogens is 3. The van der Waals surface area contributed by atoms with Gasteiger partial charge in [-0.15, -0.1) is 0 Å². The molecule has 9 heteroatoms. The Bertz CT molecular complexity index is 958. The molecule has 3 atom stereocenters. The number of alkyl halides is 3. The molecule has 1 saturated heterocycles. The maximum absolute atomic E-state index is 13.2. The van der Waals surface area contributed by atoms with E-state index in [0.717, 1.165) is 24.7 Å². The van der Waals surface area contributed by atoms with E-state index in [9.17, 15) is 18.0 Å². The molecule has 0 spiro atoms. The summed E-state index contributed by atoms with van der Waals surface area (Å²) in [6, 6.07) is 6.41. The van der Waals surface area contributed by atoms with Gasteiger partial charge >= 0.3 is 12.3 Å². The fraction of sp³-hybridized carbons (Fsp3) is 0.522. The molecule has 0 aromatic carbocycles. The van der Waals surface area contributed by atoms with Gasteiger partial charge in [0, 0.05) is 30.9 Å². The zero-order chi connectivity index (χ0) is 23.1. The van der Waals surface area contributed by atoms with Crippen LogP contribution in [0.2, 0.25) is 0 Å². The van der Waals surface area contributed by atoms with Crippen LogP contribution in [0.15, 0.2) is 36.7 Å². The van der Waals surface area contributed by atoms with Gasteiger partial charge < -0.3 is 15.0 Å². The minimum absolute atomic E-state index is 0.0378. The second-order valence-electron chi connectivity index (χ2n) is 9.55. The van der Waals surface area contributed by atoms with E-state index in [4.69, 9.17) is 4.74 Å². The molecular weight excluding hydrogens is 421 g/mol. The van der Waals surface area contributed by atoms with Crippen LogP contribution in [0.25, 0.3) is 11.3 Å². The van der Waals surface area contributed by atoms with Gasteiger partial charge in [0.1, 0.15) is 5.60 Å². The van der Waals surface area contributed by atoms with Gasteiger partial charge in [-0.05, 0) is 69.7 Å². The highest BCUT2D eigenvalue weighted by atomic mass is 19.4. The van der Waals surface area contributed by atoms with Crippen LogP contribution in [-0.4, -0.2) is 45.7 Å². The van der Waals surface area contributed by atoms with Gasteiger partial charge in [-0.1, -0.05) is 0 Å². The molecule has 6 nitrogen and oxygen atoms in total. The highest BCUT2D eigenvalue weighted by molar-refractivity contribution is 5.68. The molecule has 32 heavy (non-hydrogen) atoms. The third-order valence-electron chi connectivity index (χ3n) is 5.89. The van der Waals surface area contributed by atoms with Crippen LogP contribution in [0, 0.1) is 11.8 Å². The van der Waals surface area contributed by atoms with Crippen LogP contribution >= 0.6 is 0 Å². The number of amides is 1. The highest BCUT2D eigenvalue weighted by Gasteiger charge is 2.43. The molecule has 1 aliphatic carbocycles. The first-order valence-corrected chi connectivity index (χ1v) is 10.7. The lowest BCUT2D eigenvalue weighted by Crippen LogP contribution is -2.36. The number of aromatic nitrogens is 2. The first-order chi connectivity index (χ1) is 15.0. The molecule has 1 amide bonds. The number of rotatable bonds is 3. The van der Waals surface area contributed by atoms with Crippen molar-refractivity contribution in [2.75, 3.05) is 18.4 Å². The number of pyridine rings is 2. The molecule has 1 unspecified atom stereocenters. The first-order valence-electron chi connectivity index (χ1n) is 10.7. The van der Waals surface area contributed by atoms with Crippen molar-refractivity contribution in [3.63, 3.8) is 0 Å². The van der Waals surface area contributed by atoms with Gasteiger partial charge in [0.2, 0.25) is 0 Å². The number of carbonyl (C=O) groups excluding carboxylic acids is 1. The van der Waals surface area contributed by atoms with E-state index in [0.29, 0.717) is 24.9 Å². The van der Waals surface area contributed by atoms with Crippen LogP contribution in [-0.2, 0) is 10.9 Å². The number of carbonyl (C=O) groups is 1. The Labute approximate surface area is 185 Å². The van der Waals surface area contributed by atoms with Gasteiger partial charge in [0.25, 0.3) is 0 Å². The summed E-state index contributed by atoms with van der Waals surface area (Å²) in [4.78, 5) is 21.8. The SMILES string of the molecule is CC(C)(C)OC(=O)N1C[C@H]2CC(Nc3ccc(-c4cccnc4C(F)(F)F)nc3)C[C@H]2C1. The monoisotopic (exact) mass is 448 g/mol. The Kier molecular flexibility index (Phi) is 5.77. The molecule has 2 aliphatic rings. The third-order valence-corrected chi connectivity index (χ3v) is 5.89. The molecular formula is C23H27F3N4O2. The number of ether oxygens (including phenoxy) is 1. The van der Waals surface area contributed by atoms with E-state index in [2.05, 4.69) is 15.3 Å². The molecule has 4 rings (SSSR count). The van der Waals surface area contributed by atoms with Crippen molar-refractivity contribution >= 4 is 11.8 Å². The lowest BCUT2D eigenvalue weighted by molar-refractivity contribution is -0.140. The van der Waals surface area contributed by atoms with Crippen LogP contribution < -0.4 is 5.32 Å². The van der Waals surface area contributed by atoms with Crippen LogP contribution in [0.5, 0.6) is 0 Å². The smallest absolute Gasteiger partial charge is 0.434 e. The Morgan fingerprint density at radius 3 is 2.34 bits per heavy atom. The van der Waals surface area contributed by atoms with Crippen molar-refractivity contribution in [1.29, 1.82) is 0 Å². The maximum Gasteiger partial charge on any atom is 0.434 e. The Hall–Kier alpha value is -2.84.